The van der Waals surface area contributed by atoms with Crippen molar-refractivity contribution in [1.29, 1.82) is 0 Å². The second-order valence-corrected chi connectivity index (χ2v) is 12.8. The normalized spacial score (nSPS) is 21.0. The van der Waals surface area contributed by atoms with Gasteiger partial charge >= 0.3 is 12.2 Å². The Hall–Kier alpha value is -0.633. The van der Waals surface area contributed by atoms with Crippen LogP contribution in [0.5, 0.6) is 0 Å². The van der Waals surface area contributed by atoms with E-state index in [2.05, 4.69) is 0 Å². The fourth-order valence-electron chi connectivity index (χ4n) is 2.82. The lowest BCUT2D eigenvalue weighted by atomic mass is 9.82. The molecule has 0 aromatic carbocycles. The molecule has 0 amide bonds. The lowest BCUT2D eigenvalue weighted by Gasteiger charge is -2.42. The monoisotopic (exact) mass is 355 g/mol. The van der Waals surface area contributed by atoms with E-state index >= 15 is 0 Å². The van der Waals surface area contributed by atoms with Gasteiger partial charge < -0.3 is 4.43 Å². The van der Waals surface area contributed by atoms with Gasteiger partial charge in [-0.05, 0) is 36.9 Å². The lowest BCUT2D eigenvalue weighted by molar-refractivity contribution is -0.575. The smallest absolute Gasteiger partial charge is 0.406 e. The van der Waals surface area contributed by atoms with Crippen molar-refractivity contribution >= 4 is 8.32 Å². The van der Waals surface area contributed by atoms with Crippen molar-refractivity contribution in [2.75, 3.05) is 0 Å². The highest BCUT2D eigenvalue weighted by atomic mass is 28.4. The molecule has 0 aromatic rings. The maximum absolute atomic E-state index is 13.3. The average Bonchev–Trinajstić information content (AvgIpc) is 2.35. The summed E-state index contributed by atoms with van der Waals surface area (Å²) in [5, 5.41) is 10.9. The predicted molar refractivity (Wildman–Crippen MR) is 85.5 cm³/mol. The SMILES string of the molecule is CC(C)(C)[Si](C)(C)O[C@H](C1CCCCC1)[C@H]([N+](=O)[O-])C(F)(F)F. The molecule has 8 heteroatoms. The summed E-state index contributed by atoms with van der Waals surface area (Å²) >= 11 is 0. The minimum Gasteiger partial charge on any atom is -0.406 e. The number of nitrogens with zero attached hydrogens (tertiary/aromatic N) is 1. The minimum atomic E-state index is -4.89. The van der Waals surface area contributed by atoms with Crippen LogP contribution in [0.4, 0.5) is 13.2 Å². The van der Waals surface area contributed by atoms with Crippen LogP contribution in [-0.2, 0) is 4.43 Å². The van der Waals surface area contributed by atoms with Crippen LogP contribution < -0.4 is 0 Å². The van der Waals surface area contributed by atoms with E-state index in [1.165, 1.54) is 0 Å². The standard InChI is InChI=1S/C15H28F3NO3Si/c1-14(2,3)23(4,5)22-12(11-9-7-6-8-10-11)13(19(20)21)15(16,17)18/h11-13H,6-10H2,1-5H3/t12-,13+/m1/s1. The number of hydrogen-bond acceptors (Lipinski definition) is 3. The molecule has 0 N–H and O–H groups in total. The first-order valence-corrected chi connectivity index (χ1v) is 11.1. The summed E-state index contributed by atoms with van der Waals surface area (Å²) in [6.07, 6.45) is -2.55. The average molecular weight is 355 g/mol. The zero-order chi connectivity index (χ0) is 18.1. The zero-order valence-electron chi connectivity index (χ0n) is 14.6. The van der Waals surface area contributed by atoms with Crippen molar-refractivity contribution in [3.05, 3.63) is 10.1 Å². The second kappa shape index (κ2) is 7.09. The van der Waals surface area contributed by atoms with Gasteiger partial charge in [0.2, 0.25) is 0 Å². The molecule has 0 unspecified atom stereocenters. The Balaban J connectivity index is 3.17. The minimum absolute atomic E-state index is 0.299. The van der Waals surface area contributed by atoms with Gasteiger partial charge in [-0.15, -0.1) is 0 Å². The molecule has 23 heavy (non-hydrogen) atoms. The molecule has 0 bridgehead atoms. The first kappa shape index (κ1) is 20.4. The van der Waals surface area contributed by atoms with Crippen LogP contribution in [-0.4, -0.2) is 31.6 Å². The first-order valence-electron chi connectivity index (χ1n) is 8.15. The van der Waals surface area contributed by atoms with Crippen molar-refractivity contribution < 1.29 is 22.5 Å². The quantitative estimate of drug-likeness (QED) is 0.389. The number of rotatable bonds is 5. The highest BCUT2D eigenvalue weighted by Crippen LogP contribution is 2.42. The highest BCUT2D eigenvalue weighted by molar-refractivity contribution is 6.74. The van der Waals surface area contributed by atoms with Gasteiger partial charge in [0.1, 0.15) is 6.10 Å². The summed E-state index contributed by atoms with van der Waals surface area (Å²) in [7, 11) is -2.54. The Morgan fingerprint density at radius 3 is 1.96 bits per heavy atom. The van der Waals surface area contributed by atoms with Gasteiger partial charge in [0.25, 0.3) is 0 Å². The molecule has 1 saturated carbocycles. The van der Waals surface area contributed by atoms with Gasteiger partial charge in [0.15, 0.2) is 8.32 Å². The topological polar surface area (TPSA) is 52.4 Å². The molecule has 0 aliphatic heterocycles. The fourth-order valence-corrected chi connectivity index (χ4v) is 4.18. The van der Waals surface area contributed by atoms with Crippen molar-refractivity contribution in [3.63, 3.8) is 0 Å². The molecule has 1 fully saturated rings. The van der Waals surface area contributed by atoms with Crippen molar-refractivity contribution in [2.24, 2.45) is 5.92 Å². The second-order valence-electron chi connectivity index (χ2n) is 8.01. The summed E-state index contributed by atoms with van der Waals surface area (Å²) in [6.45, 7) is 9.45. The summed E-state index contributed by atoms with van der Waals surface area (Å²) in [6, 6.07) is -2.64. The molecular weight excluding hydrogens is 327 g/mol. The van der Waals surface area contributed by atoms with Crippen molar-refractivity contribution in [3.8, 4) is 0 Å². The van der Waals surface area contributed by atoms with Crippen LogP contribution in [0.1, 0.15) is 52.9 Å². The first-order chi connectivity index (χ1) is 10.3. The molecule has 0 radical (unpaired) electrons. The molecule has 1 aliphatic rings. The molecule has 0 aromatic heterocycles. The van der Waals surface area contributed by atoms with Crippen molar-refractivity contribution in [2.45, 2.75) is 89.3 Å². The van der Waals surface area contributed by atoms with Crippen LogP contribution in [0.25, 0.3) is 0 Å². The Morgan fingerprint density at radius 1 is 1.13 bits per heavy atom. The van der Waals surface area contributed by atoms with E-state index in [-0.39, 0.29) is 5.04 Å². The van der Waals surface area contributed by atoms with Crippen LogP contribution in [0.2, 0.25) is 18.1 Å². The summed E-state index contributed by atoms with van der Waals surface area (Å²) < 4.78 is 46.0. The number of halogens is 3. The molecule has 1 aliphatic carbocycles. The third-order valence-electron chi connectivity index (χ3n) is 5.23. The van der Waals surface area contributed by atoms with Gasteiger partial charge in [-0.2, -0.15) is 13.2 Å². The third-order valence-corrected chi connectivity index (χ3v) is 9.70. The Kier molecular flexibility index (Phi) is 6.29. The van der Waals surface area contributed by atoms with Gasteiger partial charge in [0, 0.05) is 4.92 Å². The van der Waals surface area contributed by atoms with E-state index in [0.29, 0.717) is 12.8 Å². The summed E-state index contributed by atoms with van der Waals surface area (Å²) in [5.74, 6) is -0.394. The number of hydrogen-bond donors (Lipinski definition) is 0. The van der Waals surface area contributed by atoms with Crippen LogP contribution in [0.15, 0.2) is 0 Å². The molecule has 4 nitrogen and oxygen atoms in total. The molecule has 136 valence electrons. The van der Waals surface area contributed by atoms with Gasteiger partial charge in [-0.25, -0.2) is 0 Å². The van der Waals surface area contributed by atoms with E-state index in [1.54, 1.807) is 0 Å². The number of alkyl halides is 3. The Labute approximate surface area is 137 Å². The largest absolute Gasteiger partial charge is 0.460 e. The van der Waals surface area contributed by atoms with Crippen LogP contribution >= 0.6 is 0 Å². The van der Waals surface area contributed by atoms with Crippen LogP contribution in [0, 0.1) is 16.0 Å². The van der Waals surface area contributed by atoms with E-state index in [9.17, 15) is 23.3 Å². The fraction of sp³-hybridized carbons (Fsp3) is 1.00. The molecule has 2 atom stereocenters. The number of nitro groups is 1. The maximum Gasteiger partial charge on any atom is 0.460 e. The molecule has 0 saturated heterocycles. The van der Waals surface area contributed by atoms with Gasteiger partial charge in [-0.3, -0.25) is 10.1 Å². The summed E-state index contributed by atoms with van der Waals surface area (Å²) in [4.78, 5) is 9.98. The molecule has 0 spiro atoms. The van der Waals surface area contributed by atoms with Gasteiger partial charge in [-0.1, -0.05) is 40.0 Å². The van der Waals surface area contributed by atoms with Crippen molar-refractivity contribution in [1.82, 2.24) is 0 Å². The van der Waals surface area contributed by atoms with Crippen LogP contribution in [0.3, 0.4) is 0 Å². The Morgan fingerprint density at radius 2 is 1.61 bits per heavy atom. The molecule has 0 heterocycles. The molecular formula is C15H28F3NO3Si. The predicted octanol–water partition coefficient (Wildman–Crippen LogP) is 5.16. The summed E-state index contributed by atoms with van der Waals surface area (Å²) in [5.41, 5.74) is 0. The van der Waals surface area contributed by atoms with E-state index in [1.807, 2.05) is 33.9 Å². The third kappa shape index (κ3) is 5.17. The molecule has 1 rings (SSSR count). The van der Waals surface area contributed by atoms with E-state index in [4.69, 9.17) is 4.43 Å². The highest BCUT2D eigenvalue weighted by Gasteiger charge is 2.59. The lowest BCUT2D eigenvalue weighted by Crippen LogP contribution is -2.56. The van der Waals surface area contributed by atoms with Gasteiger partial charge in [0.05, 0.1) is 0 Å². The zero-order valence-corrected chi connectivity index (χ0v) is 15.6. The Bertz CT molecular complexity index is 415. The maximum atomic E-state index is 13.3. The van der Waals surface area contributed by atoms with E-state index in [0.717, 1.165) is 19.3 Å². The van der Waals surface area contributed by atoms with E-state index < -0.39 is 37.5 Å².